The van der Waals surface area contributed by atoms with Gasteiger partial charge in [0.25, 0.3) is 0 Å². The monoisotopic (exact) mass is 454 g/mol. The quantitative estimate of drug-likeness (QED) is 0.323. The van der Waals surface area contributed by atoms with Gasteiger partial charge in [-0.15, -0.1) is 0 Å². The summed E-state index contributed by atoms with van der Waals surface area (Å²) in [6.45, 7) is 0. The van der Waals surface area contributed by atoms with Gasteiger partial charge in [0.1, 0.15) is 11.6 Å². The van der Waals surface area contributed by atoms with Crippen molar-refractivity contribution >= 4 is 26.7 Å². The van der Waals surface area contributed by atoms with E-state index in [2.05, 4.69) is 15.9 Å². The molecule has 5 heteroatoms. The molecule has 0 fully saturated rings. The Morgan fingerprint density at radius 3 is 1.76 bits per heavy atom. The average molecular weight is 455 g/mol. The maximum atomic E-state index is 14.8. The molecule has 4 aromatic carbocycles. The first-order chi connectivity index (χ1) is 14.1. The first-order valence-electron chi connectivity index (χ1n) is 8.93. The Bertz CT molecular complexity index is 1220. The molecule has 0 saturated heterocycles. The highest BCUT2D eigenvalue weighted by Crippen LogP contribution is 2.51. The third-order valence-corrected chi connectivity index (χ3v) is 5.37. The minimum absolute atomic E-state index is 0.349. The van der Waals surface area contributed by atoms with Crippen molar-refractivity contribution < 1.29 is 18.3 Å². The summed E-state index contributed by atoms with van der Waals surface area (Å²) in [6.07, 6.45) is 0. The largest absolute Gasteiger partial charge is 0.492 e. The summed E-state index contributed by atoms with van der Waals surface area (Å²) in [5.74, 6) is -0.0659. The van der Waals surface area contributed by atoms with E-state index >= 15 is 0 Å². The summed E-state index contributed by atoms with van der Waals surface area (Å²) < 4.78 is 41.7. The van der Waals surface area contributed by atoms with E-state index in [0.717, 1.165) is 15.2 Å². The van der Waals surface area contributed by atoms with Crippen molar-refractivity contribution in [2.45, 2.75) is 0 Å². The van der Waals surface area contributed by atoms with Crippen LogP contribution in [0, 0.1) is 11.6 Å². The van der Waals surface area contributed by atoms with Crippen LogP contribution in [0.25, 0.3) is 33.0 Å². The molecule has 0 aliphatic rings. The molecule has 0 atom stereocenters. The molecule has 0 N–H and O–H groups in total. The van der Waals surface area contributed by atoms with Gasteiger partial charge in [0.05, 0.1) is 14.2 Å². The molecule has 2 nitrogen and oxygen atoms in total. The standard InChI is InChI=1S/C24H17BrF2O2/c1-28-23-21(17-9-5-6-10-19(17)26)15-7-3-4-8-16(15)22(24(23)29-2)18-13-14(25)11-12-20(18)27/h3-13H,1-2H3. The van der Waals surface area contributed by atoms with Crippen molar-refractivity contribution in [3.8, 4) is 33.8 Å². The van der Waals surface area contributed by atoms with Crippen molar-refractivity contribution in [1.29, 1.82) is 0 Å². The molecule has 0 aliphatic heterocycles. The van der Waals surface area contributed by atoms with Gasteiger partial charge in [-0.3, -0.25) is 0 Å². The highest BCUT2D eigenvalue weighted by atomic mass is 79.9. The molecule has 146 valence electrons. The van der Waals surface area contributed by atoms with Crippen LogP contribution in [0.4, 0.5) is 8.78 Å². The molecule has 0 aliphatic carbocycles. The number of hydrogen-bond donors (Lipinski definition) is 0. The lowest BCUT2D eigenvalue weighted by Gasteiger charge is -2.21. The van der Waals surface area contributed by atoms with Gasteiger partial charge in [0.2, 0.25) is 0 Å². The Morgan fingerprint density at radius 1 is 0.655 bits per heavy atom. The number of ether oxygens (including phenoxy) is 2. The van der Waals surface area contributed by atoms with Gasteiger partial charge in [0.15, 0.2) is 11.5 Å². The van der Waals surface area contributed by atoms with Crippen LogP contribution in [-0.2, 0) is 0 Å². The SMILES string of the molecule is COc1c(OC)c(-c2cc(Br)ccc2F)c2ccccc2c1-c1ccccc1F. The molecule has 0 spiro atoms. The van der Waals surface area contributed by atoms with E-state index in [1.807, 2.05) is 24.3 Å². The molecule has 0 amide bonds. The predicted molar refractivity (Wildman–Crippen MR) is 116 cm³/mol. The Morgan fingerprint density at radius 2 is 1.17 bits per heavy atom. The maximum Gasteiger partial charge on any atom is 0.169 e. The summed E-state index contributed by atoms with van der Waals surface area (Å²) in [4.78, 5) is 0. The van der Waals surface area contributed by atoms with Crippen LogP contribution in [0.3, 0.4) is 0 Å². The van der Waals surface area contributed by atoms with Crippen LogP contribution in [0.1, 0.15) is 0 Å². The van der Waals surface area contributed by atoms with Gasteiger partial charge in [-0.1, -0.05) is 58.4 Å². The Labute approximate surface area is 175 Å². The Kier molecular flexibility index (Phi) is 5.24. The van der Waals surface area contributed by atoms with Gasteiger partial charge in [-0.2, -0.15) is 0 Å². The van der Waals surface area contributed by atoms with E-state index in [1.165, 1.54) is 26.4 Å². The van der Waals surface area contributed by atoms with Gasteiger partial charge < -0.3 is 9.47 Å². The van der Waals surface area contributed by atoms with Crippen LogP contribution in [0.15, 0.2) is 71.2 Å². The topological polar surface area (TPSA) is 18.5 Å². The van der Waals surface area contributed by atoms with Crippen LogP contribution >= 0.6 is 15.9 Å². The molecule has 0 aromatic heterocycles. The van der Waals surface area contributed by atoms with Crippen molar-refractivity contribution in [2.24, 2.45) is 0 Å². The minimum Gasteiger partial charge on any atom is -0.492 e. The lowest BCUT2D eigenvalue weighted by atomic mass is 9.89. The molecule has 0 heterocycles. The van der Waals surface area contributed by atoms with E-state index in [-0.39, 0.29) is 5.82 Å². The summed E-state index contributed by atoms with van der Waals surface area (Å²) in [7, 11) is 3.00. The highest BCUT2D eigenvalue weighted by molar-refractivity contribution is 9.10. The normalized spacial score (nSPS) is 10.9. The molecule has 0 bridgehead atoms. The van der Waals surface area contributed by atoms with Gasteiger partial charge in [-0.25, -0.2) is 8.78 Å². The van der Waals surface area contributed by atoms with Crippen molar-refractivity contribution in [3.63, 3.8) is 0 Å². The van der Waals surface area contributed by atoms with E-state index in [9.17, 15) is 8.78 Å². The van der Waals surface area contributed by atoms with Gasteiger partial charge >= 0.3 is 0 Å². The second kappa shape index (κ2) is 7.84. The van der Waals surface area contributed by atoms with E-state index < -0.39 is 5.82 Å². The summed E-state index contributed by atoms with van der Waals surface area (Å²) in [6, 6.07) is 18.7. The lowest BCUT2D eigenvalue weighted by molar-refractivity contribution is 0.358. The first kappa shape index (κ1) is 19.4. The Balaban J connectivity index is 2.22. The number of methoxy groups -OCH3 is 2. The van der Waals surface area contributed by atoms with Crippen molar-refractivity contribution in [2.75, 3.05) is 14.2 Å². The number of halogens is 3. The van der Waals surface area contributed by atoms with Crippen molar-refractivity contribution in [1.82, 2.24) is 0 Å². The molecule has 4 rings (SSSR count). The summed E-state index contributed by atoms with van der Waals surface area (Å²) in [5, 5.41) is 1.48. The average Bonchev–Trinajstić information content (AvgIpc) is 2.74. The smallest absolute Gasteiger partial charge is 0.169 e. The van der Waals surface area contributed by atoms with Crippen molar-refractivity contribution in [3.05, 3.63) is 82.8 Å². The fourth-order valence-electron chi connectivity index (χ4n) is 3.67. The first-order valence-corrected chi connectivity index (χ1v) is 9.73. The molecule has 0 radical (unpaired) electrons. The number of rotatable bonds is 4. The number of fused-ring (bicyclic) bond motifs is 1. The maximum absolute atomic E-state index is 14.8. The Hall–Kier alpha value is -2.92. The fraction of sp³-hybridized carbons (Fsp3) is 0.0833. The third kappa shape index (κ3) is 3.25. The number of benzene rings is 4. The lowest BCUT2D eigenvalue weighted by Crippen LogP contribution is -2.00. The zero-order valence-corrected chi connectivity index (χ0v) is 17.4. The van der Waals surface area contributed by atoms with Crippen LogP contribution in [0.2, 0.25) is 0 Å². The molecule has 0 saturated carbocycles. The van der Waals surface area contributed by atoms with E-state index in [1.54, 1.807) is 30.3 Å². The number of hydrogen-bond acceptors (Lipinski definition) is 2. The predicted octanol–water partition coefficient (Wildman–Crippen LogP) is 7.23. The van der Waals surface area contributed by atoms with Gasteiger partial charge in [0, 0.05) is 26.7 Å². The second-order valence-electron chi connectivity index (χ2n) is 6.47. The molecular formula is C24H17BrF2O2. The van der Waals surface area contributed by atoms with Crippen LogP contribution in [0.5, 0.6) is 11.5 Å². The zero-order valence-electron chi connectivity index (χ0n) is 15.8. The highest BCUT2D eigenvalue weighted by Gasteiger charge is 2.25. The van der Waals surface area contributed by atoms with Crippen LogP contribution < -0.4 is 9.47 Å². The van der Waals surface area contributed by atoms with E-state index in [0.29, 0.717) is 33.8 Å². The molecule has 0 unspecified atom stereocenters. The second-order valence-corrected chi connectivity index (χ2v) is 7.38. The molecule has 4 aromatic rings. The molecular weight excluding hydrogens is 438 g/mol. The van der Waals surface area contributed by atoms with E-state index in [4.69, 9.17) is 9.47 Å². The summed E-state index contributed by atoms with van der Waals surface area (Å²) >= 11 is 3.41. The zero-order chi connectivity index (χ0) is 20.5. The van der Waals surface area contributed by atoms with Crippen LogP contribution in [-0.4, -0.2) is 14.2 Å². The van der Waals surface area contributed by atoms with Gasteiger partial charge in [-0.05, 0) is 35.0 Å². The third-order valence-electron chi connectivity index (χ3n) is 4.88. The fourth-order valence-corrected chi connectivity index (χ4v) is 4.03. The minimum atomic E-state index is -0.391. The molecule has 29 heavy (non-hydrogen) atoms. The summed E-state index contributed by atoms with van der Waals surface area (Å²) in [5.41, 5.74) is 1.88.